The Hall–Kier alpha value is -3.19. The highest BCUT2D eigenvalue weighted by Crippen LogP contribution is 2.25. The number of likely N-dealkylation sites (N-methyl/N-ethyl adjacent to an activating group) is 1. The summed E-state index contributed by atoms with van der Waals surface area (Å²) in [6, 6.07) is 16.0. The van der Waals surface area contributed by atoms with Crippen LogP contribution in [0.15, 0.2) is 60.3 Å². The maximum Gasteiger partial charge on any atom is 0.290 e. The van der Waals surface area contributed by atoms with E-state index in [1.165, 1.54) is 10.4 Å². The third-order valence-corrected chi connectivity index (χ3v) is 6.77. The quantitative estimate of drug-likeness (QED) is 0.457. The van der Waals surface area contributed by atoms with E-state index in [4.69, 9.17) is 4.98 Å². The number of carbonyl (C=O) groups is 1. The van der Waals surface area contributed by atoms with Crippen molar-refractivity contribution in [3.8, 4) is 0 Å². The summed E-state index contributed by atoms with van der Waals surface area (Å²) in [5.41, 5.74) is 3.94. The normalized spacial score (nSPS) is 16.4. The molecule has 1 aliphatic carbocycles. The Labute approximate surface area is 185 Å². The summed E-state index contributed by atoms with van der Waals surface area (Å²) in [5.74, 6) is 0.360. The minimum Gasteiger partial charge on any atom is -0.382 e. The molecule has 0 aliphatic heterocycles. The van der Waals surface area contributed by atoms with Crippen LogP contribution in [0.5, 0.6) is 0 Å². The number of nitrogens with zero attached hydrogens (tertiary/aromatic N) is 3. The van der Waals surface area contributed by atoms with Crippen LogP contribution < -0.4 is 5.32 Å². The molecule has 0 spiro atoms. The summed E-state index contributed by atoms with van der Waals surface area (Å²) in [7, 11) is 0. The Morgan fingerprint density at radius 1 is 1.16 bits per heavy atom. The number of imidazole rings is 1. The van der Waals surface area contributed by atoms with Crippen LogP contribution >= 0.6 is 11.3 Å². The number of amides is 1. The van der Waals surface area contributed by atoms with E-state index in [1.54, 1.807) is 11.3 Å². The lowest BCUT2D eigenvalue weighted by Crippen LogP contribution is -2.41. The van der Waals surface area contributed by atoms with Crippen molar-refractivity contribution in [1.29, 1.82) is 0 Å². The second-order valence-corrected chi connectivity index (χ2v) is 8.89. The van der Waals surface area contributed by atoms with Crippen molar-refractivity contribution in [2.45, 2.75) is 38.8 Å². The molecule has 1 atom stereocenters. The van der Waals surface area contributed by atoms with Crippen LogP contribution in [-0.4, -0.2) is 38.3 Å². The molecule has 0 saturated heterocycles. The zero-order valence-electron chi connectivity index (χ0n) is 17.5. The van der Waals surface area contributed by atoms with Gasteiger partial charge in [-0.3, -0.25) is 4.79 Å². The Morgan fingerprint density at radius 2 is 1.97 bits per heavy atom. The average molecular weight is 432 g/mol. The molecule has 1 aliphatic rings. The van der Waals surface area contributed by atoms with Crippen LogP contribution in [0.1, 0.15) is 41.8 Å². The lowest BCUT2D eigenvalue weighted by molar-refractivity contribution is 0.0700. The van der Waals surface area contributed by atoms with E-state index in [1.807, 2.05) is 54.3 Å². The fraction of sp³-hybridized carbons (Fsp3) is 0.292. The van der Waals surface area contributed by atoms with Gasteiger partial charge in [0.05, 0.1) is 33.8 Å². The highest BCUT2D eigenvalue weighted by atomic mass is 32.1. The SMILES string of the molecule is CCN(C(=O)c1nc2ccccc2[nH]1)[C@@H]1C=C(NCc2nc3ccccc3s2)CCC1. The molecule has 0 fully saturated rings. The highest BCUT2D eigenvalue weighted by molar-refractivity contribution is 7.18. The molecular formula is C24H25N5OS. The van der Waals surface area contributed by atoms with E-state index in [0.29, 0.717) is 18.9 Å². The first kappa shape index (κ1) is 19.8. The van der Waals surface area contributed by atoms with Gasteiger partial charge in [0.1, 0.15) is 5.01 Å². The van der Waals surface area contributed by atoms with Gasteiger partial charge in [0.25, 0.3) is 5.91 Å². The van der Waals surface area contributed by atoms with E-state index in [-0.39, 0.29) is 11.9 Å². The maximum atomic E-state index is 13.2. The first-order valence-electron chi connectivity index (χ1n) is 10.8. The van der Waals surface area contributed by atoms with Crippen molar-refractivity contribution in [2.75, 3.05) is 6.54 Å². The fourth-order valence-electron chi connectivity index (χ4n) is 4.20. The smallest absolute Gasteiger partial charge is 0.290 e. The predicted molar refractivity (Wildman–Crippen MR) is 125 cm³/mol. The van der Waals surface area contributed by atoms with Gasteiger partial charge in [0.15, 0.2) is 5.82 Å². The molecule has 4 aromatic rings. The number of allylic oxidation sites excluding steroid dienone is 1. The molecular weight excluding hydrogens is 406 g/mol. The van der Waals surface area contributed by atoms with Crippen molar-refractivity contribution in [2.24, 2.45) is 0 Å². The molecule has 158 valence electrons. The van der Waals surface area contributed by atoms with Crippen molar-refractivity contribution in [3.05, 3.63) is 71.1 Å². The van der Waals surface area contributed by atoms with Crippen molar-refractivity contribution in [3.63, 3.8) is 0 Å². The largest absolute Gasteiger partial charge is 0.382 e. The standard InChI is InChI=1S/C24H25N5OS/c1-2-29(24(30)23-27-18-10-3-4-11-19(18)28-23)17-9-7-8-16(14-17)25-15-22-26-20-12-5-6-13-21(20)31-22/h3-6,10-14,17,25H,2,7-9,15H2,1H3,(H,27,28)/t17-/m0/s1. The first-order chi connectivity index (χ1) is 15.2. The number of aromatic nitrogens is 3. The van der Waals surface area contributed by atoms with Gasteiger partial charge in [-0.05, 0) is 56.5 Å². The average Bonchev–Trinajstić information content (AvgIpc) is 3.42. The van der Waals surface area contributed by atoms with Crippen LogP contribution in [0.25, 0.3) is 21.3 Å². The molecule has 6 nitrogen and oxygen atoms in total. The fourth-order valence-corrected chi connectivity index (χ4v) is 5.10. The van der Waals surface area contributed by atoms with Crippen LogP contribution in [0.4, 0.5) is 0 Å². The van der Waals surface area contributed by atoms with E-state index in [0.717, 1.165) is 40.8 Å². The zero-order chi connectivity index (χ0) is 21.2. The van der Waals surface area contributed by atoms with Gasteiger partial charge < -0.3 is 15.2 Å². The lowest BCUT2D eigenvalue weighted by Gasteiger charge is -2.31. The molecule has 2 heterocycles. The Morgan fingerprint density at radius 3 is 2.77 bits per heavy atom. The summed E-state index contributed by atoms with van der Waals surface area (Å²) in [4.78, 5) is 27.5. The highest BCUT2D eigenvalue weighted by Gasteiger charge is 2.26. The van der Waals surface area contributed by atoms with Crippen LogP contribution in [-0.2, 0) is 6.54 Å². The summed E-state index contributed by atoms with van der Waals surface area (Å²) >= 11 is 1.72. The minimum atomic E-state index is -0.0487. The molecule has 7 heteroatoms. The predicted octanol–water partition coefficient (Wildman–Crippen LogP) is 4.86. The Balaban J connectivity index is 1.30. The molecule has 0 radical (unpaired) electrons. The van der Waals surface area contributed by atoms with Gasteiger partial charge in [0.2, 0.25) is 0 Å². The van der Waals surface area contributed by atoms with Gasteiger partial charge in [-0.1, -0.05) is 24.3 Å². The van der Waals surface area contributed by atoms with Crippen molar-refractivity contribution in [1.82, 2.24) is 25.2 Å². The lowest BCUT2D eigenvalue weighted by atomic mass is 9.98. The van der Waals surface area contributed by atoms with Gasteiger partial charge in [-0.2, -0.15) is 0 Å². The number of nitrogens with one attached hydrogen (secondary N) is 2. The number of fused-ring (bicyclic) bond motifs is 2. The molecule has 2 N–H and O–H groups in total. The van der Waals surface area contributed by atoms with Gasteiger partial charge >= 0.3 is 0 Å². The van der Waals surface area contributed by atoms with E-state index in [9.17, 15) is 4.79 Å². The van der Waals surface area contributed by atoms with Gasteiger partial charge in [0, 0.05) is 12.2 Å². The number of hydrogen-bond acceptors (Lipinski definition) is 5. The van der Waals surface area contributed by atoms with Crippen LogP contribution in [0.2, 0.25) is 0 Å². The van der Waals surface area contributed by atoms with E-state index < -0.39 is 0 Å². The number of aromatic amines is 1. The topological polar surface area (TPSA) is 73.9 Å². The molecule has 2 aromatic carbocycles. The Kier molecular flexibility index (Phi) is 5.42. The number of thiazole rings is 1. The summed E-state index contributed by atoms with van der Waals surface area (Å²) in [5, 5.41) is 4.63. The molecule has 1 amide bonds. The molecule has 5 rings (SSSR count). The van der Waals surface area contributed by atoms with Crippen LogP contribution in [0.3, 0.4) is 0 Å². The molecule has 0 unspecified atom stereocenters. The minimum absolute atomic E-state index is 0.0487. The summed E-state index contributed by atoms with van der Waals surface area (Å²) < 4.78 is 1.21. The second-order valence-electron chi connectivity index (χ2n) is 7.77. The van der Waals surface area contributed by atoms with E-state index in [2.05, 4.69) is 27.4 Å². The van der Waals surface area contributed by atoms with Crippen LogP contribution in [0, 0.1) is 0 Å². The third-order valence-electron chi connectivity index (χ3n) is 5.74. The van der Waals surface area contributed by atoms with E-state index >= 15 is 0 Å². The number of rotatable bonds is 6. The summed E-state index contributed by atoms with van der Waals surface area (Å²) in [6.45, 7) is 3.38. The number of benzene rings is 2. The molecule has 0 bridgehead atoms. The molecule has 2 aromatic heterocycles. The maximum absolute atomic E-state index is 13.2. The number of hydrogen-bond donors (Lipinski definition) is 2. The number of H-pyrrole nitrogens is 1. The summed E-state index contributed by atoms with van der Waals surface area (Å²) in [6.07, 6.45) is 5.22. The molecule has 0 saturated carbocycles. The van der Waals surface area contributed by atoms with Gasteiger partial charge in [-0.15, -0.1) is 11.3 Å². The third kappa shape index (κ3) is 4.05. The molecule has 31 heavy (non-hydrogen) atoms. The Bertz CT molecular complexity index is 1190. The second kappa shape index (κ2) is 8.51. The van der Waals surface area contributed by atoms with Gasteiger partial charge in [-0.25, -0.2) is 9.97 Å². The van der Waals surface area contributed by atoms with Crippen molar-refractivity contribution >= 4 is 38.5 Å². The number of para-hydroxylation sites is 3. The number of carbonyl (C=O) groups excluding carboxylic acids is 1. The first-order valence-corrected chi connectivity index (χ1v) is 11.6. The zero-order valence-corrected chi connectivity index (χ0v) is 18.3. The monoisotopic (exact) mass is 431 g/mol. The van der Waals surface area contributed by atoms with Crippen molar-refractivity contribution < 1.29 is 4.79 Å².